The molecule has 2 unspecified atom stereocenters. The third kappa shape index (κ3) is 5.02. The van der Waals surface area contributed by atoms with E-state index in [-0.39, 0.29) is 10.9 Å². The molecular weight excluding hydrogens is 455 g/mol. The van der Waals surface area contributed by atoms with Crippen molar-refractivity contribution >= 4 is 16.1 Å². The summed E-state index contributed by atoms with van der Waals surface area (Å²) in [7, 11) is -3.63. The summed E-state index contributed by atoms with van der Waals surface area (Å²) in [6, 6.07) is 4.93. The number of sulfonamides is 1. The van der Waals surface area contributed by atoms with Gasteiger partial charge in [0.2, 0.25) is 10.0 Å². The van der Waals surface area contributed by atoms with Gasteiger partial charge in [0.15, 0.2) is 0 Å². The molecule has 1 N–H and O–H groups in total. The molecule has 3 aliphatic carbocycles. The lowest BCUT2D eigenvalue weighted by Gasteiger charge is -2.57. The minimum Gasteiger partial charge on any atom is -0.338 e. The van der Waals surface area contributed by atoms with E-state index >= 15 is 0 Å². The van der Waals surface area contributed by atoms with Gasteiger partial charge in [-0.3, -0.25) is 4.90 Å². The summed E-state index contributed by atoms with van der Waals surface area (Å²) in [6.07, 6.45) is 4.68. The highest BCUT2D eigenvalue weighted by Crippen LogP contribution is 2.59. The quantitative estimate of drug-likeness (QED) is 0.566. The lowest BCUT2D eigenvalue weighted by atomic mass is 9.49. The SMILES string of the molecule is CCNC(=O)N(CCN1CCN(S(=O)(=O)c2ccc(F)cc2)CC1)CC1=CCC2CC1C2(C)C. The van der Waals surface area contributed by atoms with Crippen LogP contribution in [0.1, 0.15) is 33.6 Å². The summed E-state index contributed by atoms with van der Waals surface area (Å²) in [4.78, 5) is 17.0. The van der Waals surface area contributed by atoms with Gasteiger partial charge in [-0.15, -0.1) is 0 Å². The first-order valence-corrected chi connectivity index (χ1v) is 13.8. The Morgan fingerprint density at radius 2 is 1.85 bits per heavy atom. The van der Waals surface area contributed by atoms with Crippen molar-refractivity contribution < 1.29 is 17.6 Å². The van der Waals surface area contributed by atoms with Crippen molar-refractivity contribution in [1.82, 2.24) is 19.4 Å². The Hall–Kier alpha value is -1.97. The number of nitrogens with zero attached hydrogens (tertiary/aromatic N) is 3. The molecule has 2 amide bonds. The summed E-state index contributed by atoms with van der Waals surface area (Å²) in [6.45, 7) is 11.1. The van der Waals surface area contributed by atoms with E-state index in [0.29, 0.717) is 63.7 Å². The largest absolute Gasteiger partial charge is 0.338 e. The molecule has 0 aromatic heterocycles. The number of halogens is 1. The Labute approximate surface area is 203 Å². The van der Waals surface area contributed by atoms with Gasteiger partial charge in [0.25, 0.3) is 0 Å². The zero-order valence-corrected chi connectivity index (χ0v) is 21.3. The zero-order chi connectivity index (χ0) is 24.5. The van der Waals surface area contributed by atoms with Crippen LogP contribution in [-0.4, -0.2) is 80.9 Å². The van der Waals surface area contributed by atoms with Crippen LogP contribution in [0, 0.1) is 23.1 Å². The Bertz CT molecular complexity index is 1020. The second kappa shape index (κ2) is 9.95. The smallest absolute Gasteiger partial charge is 0.317 e. The predicted octanol–water partition coefficient (Wildman–Crippen LogP) is 3.16. The molecule has 9 heteroatoms. The molecule has 1 aliphatic heterocycles. The van der Waals surface area contributed by atoms with E-state index in [1.165, 1.54) is 40.6 Å². The van der Waals surface area contributed by atoms with E-state index in [0.717, 1.165) is 12.3 Å². The third-order valence-electron chi connectivity index (χ3n) is 8.04. The standard InChI is InChI=1S/C25H37FN4O3S/c1-4-27-24(31)29(18-19-5-6-20-17-23(19)25(20,2)3)14-11-28-12-15-30(16-13-28)34(32,33)22-9-7-21(26)8-10-22/h5,7-10,20,23H,4,6,11-18H2,1-3H3,(H,27,31). The van der Waals surface area contributed by atoms with Gasteiger partial charge >= 0.3 is 6.03 Å². The second-order valence-corrected chi connectivity index (χ2v) is 12.2. The highest BCUT2D eigenvalue weighted by atomic mass is 32.2. The Balaban J connectivity index is 1.32. The maximum Gasteiger partial charge on any atom is 0.317 e. The lowest BCUT2D eigenvalue weighted by molar-refractivity contribution is -0.00981. The highest BCUT2D eigenvalue weighted by Gasteiger charge is 2.51. The maximum absolute atomic E-state index is 13.2. The van der Waals surface area contributed by atoms with Crippen molar-refractivity contribution in [1.29, 1.82) is 0 Å². The molecule has 0 radical (unpaired) electrons. The van der Waals surface area contributed by atoms with Gasteiger partial charge in [-0.05, 0) is 61.3 Å². The van der Waals surface area contributed by atoms with Crippen LogP contribution in [0.2, 0.25) is 0 Å². The minimum atomic E-state index is -3.63. The summed E-state index contributed by atoms with van der Waals surface area (Å²) in [5.41, 5.74) is 1.71. The average molecular weight is 493 g/mol. The molecule has 1 aromatic rings. The van der Waals surface area contributed by atoms with Crippen molar-refractivity contribution in [3.63, 3.8) is 0 Å². The number of carbonyl (C=O) groups is 1. The van der Waals surface area contributed by atoms with Crippen LogP contribution in [0.15, 0.2) is 40.8 Å². The van der Waals surface area contributed by atoms with Crippen molar-refractivity contribution in [2.24, 2.45) is 17.3 Å². The zero-order valence-electron chi connectivity index (χ0n) is 20.5. The number of hydrogen-bond acceptors (Lipinski definition) is 4. The fraction of sp³-hybridized carbons (Fsp3) is 0.640. The number of benzene rings is 1. The number of amides is 2. The molecule has 1 aromatic carbocycles. The second-order valence-electron chi connectivity index (χ2n) is 10.3. The van der Waals surface area contributed by atoms with E-state index in [9.17, 15) is 17.6 Å². The van der Waals surface area contributed by atoms with Crippen LogP contribution in [0.5, 0.6) is 0 Å². The molecular formula is C25H37FN4O3S. The number of hydrogen-bond donors (Lipinski definition) is 1. The van der Waals surface area contributed by atoms with Crippen molar-refractivity contribution in [3.05, 3.63) is 41.7 Å². The summed E-state index contributed by atoms with van der Waals surface area (Å²) in [5.74, 6) is 0.871. The number of nitrogens with one attached hydrogen (secondary N) is 1. The van der Waals surface area contributed by atoms with Gasteiger partial charge in [-0.25, -0.2) is 17.6 Å². The number of fused-ring (bicyclic) bond motifs is 1. The molecule has 4 aliphatic rings. The Morgan fingerprint density at radius 1 is 1.18 bits per heavy atom. The minimum absolute atomic E-state index is 0.0415. The van der Waals surface area contributed by atoms with Crippen LogP contribution < -0.4 is 5.32 Å². The van der Waals surface area contributed by atoms with Crippen LogP contribution in [0.25, 0.3) is 0 Å². The van der Waals surface area contributed by atoms with Gasteiger partial charge in [0, 0.05) is 52.4 Å². The molecule has 7 nitrogen and oxygen atoms in total. The normalized spacial score (nSPS) is 24.8. The first-order valence-electron chi connectivity index (χ1n) is 12.3. The molecule has 1 saturated heterocycles. The van der Waals surface area contributed by atoms with Gasteiger partial charge in [0.05, 0.1) is 4.90 Å². The fourth-order valence-corrected chi connectivity index (χ4v) is 7.03. The predicted molar refractivity (Wildman–Crippen MR) is 130 cm³/mol. The van der Waals surface area contributed by atoms with Crippen LogP contribution in [-0.2, 0) is 10.0 Å². The number of piperazine rings is 1. The van der Waals surface area contributed by atoms with Gasteiger partial charge in [-0.2, -0.15) is 4.31 Å². The van der Waals surface area contributed by atoms with Gasteiger partial charge in [0.1, 0.15) is 5.82 Å². The van der Waals surface area contributed by atoms with Crippen molar-refractivity contribution in [2.75, 3.05) is 52.4 Å². The Morgan fingerprint density at radius 3 is 2.44 bits per heavy atom. The summed E-state index contributed by atoms with van der Waals surface area (Å²) in [5, 5.41) is 2.95. The molecule has 2 bridgehead atoms. The first-order chi connectivity index (χ1) is 16.1. The lowest BCUT2D eigenvalue weighted by Crippen LogP contribution is -2.53. The van der Waals surface area contributed by atoms with Gasteiger partial charge < -0.3 is 10.2 Å². The number of rotatable bonds is 8. The molecule has 0 spiro atoms. The average Bonchev–Trinajstić information content (AvgIpc) is 2.82. The summed E-state index contributed by atoms with van der Waals surface area (Å²) >= 11 is 0. The van der Waals surface area contributed by atoms with Crippen LogP contribution >= 0.6 is 0 Å². The monoisotopic (exact) mass is 492 g/mol. The molecule has 34 heavy (non-hydrogen) atoms. The van der Waals surface area contributed by atoms with E-state index in [1.54, 1.807) is 0 Å². The van der Waals surface area contributed by atoms with E-state index < -0.39 is 15.8 Å². The number of allylic oxidation sites excluding steroid dienone is 1. The van der Waals surface area contributed by atoms with Crippen molar-refractivity contribution in [3.8, 4) is 0 Å². The topological polar surface area (TPSA) is 73.0 Å². The first kappa shape index (κ1) is 25.1. The molecule has 2 atom stereocenters. The van der Waals surface area contributed by atoms with E-state index in [2.05, 4.69) is 30.1 Å². The highest BCUT2D eigenvalue weighted by molar-refractivity contribution is 7.89. The van der Waals surface area contributed by atoms with Crippen LogP contribution in [0.4, 0.5) is 9.18 Å². The number of carbonyl (C=O) groups excluding carboxylic acids is 1. The summed E-state index contributed by atoms with van der Waals surface area (Å²) < 4.78 is 40.4. The van der Waals surface area contributed by atoms with E-state index in [1.807, 2.05) is 11.8 Å². The fourth-order valence-electron chi connectivity index (χ4n) is 5.60. The molecule has 1 heterocycles. The van der Waals surface area contributed by atoms with E-state index in [4.69, 9.17) is 0 Å². The third-order valence-corrected chi connectivity index (χ3v) is 9.95. The molecule has 5 rings (SSSR count). The molecule has 2 fully saturated rings. The molecule has 188 valence electrons. The van der Waals surface area contributed by atoms with Crippen molar-refractivity contribution in [2.45, 2.75) is 38.5 Å². The van der Waals surface area contributed by atoms with Crippen LogP contribution in [0.3, 0.4) is 0 Å². The molecule has 1 saturated carbocycles. The van der Waals surface area contributed by atoms with Gasteiger partial charge in [-0.1, -0.05) is 25.5 Å². The Kier molecular flexibility index (Phi) is 7.36. The maximum atomic E-state index is 13.2. The number of urea groups is 1.